The lowest BCUT2D eigenvalue weighted by atomic mass is 10.2. The Hall–Kier alpha value is -2.76. The van der Waals surface area contributed by atoms with Crippen molar-refractivity contribution in [3.63, 3.8) is 0 Å². The number of hydrogen-bond donors (Lipinski definition) is 2. The minimum Gasteiger partial charge on any atom is -0.368 e. The summed E-state index contributed by atoms with van der Waals surface area (Å²) < 4.78 is 14.1. The van der Waals surface area contributed by atoms with E-state index in [0.717, 1.165) is 5.69 Å². The molecule has 1 aromatic carbocycles. The number of hydrogen-bond acceptors (Lipinski definition) is 5. The van der Waals surface area contributed by atoms with Crippen LogP contribution in [-0.4, -0.2) is 15.0 Å². The highest BCUT2D eigenvalue weighted by atomic mass is 19.1. The van der Waals surface area contributed by atoms with Crippen molar-refractivity contribution in [2.45, 2.75) is 13.0 Å². The number of nitrogens with two attached hydrogens (primary N) is 1. The van der Waals surface area contributed by atoms with Crippen LogP contribution in [0.3, 0.4) is 0 Å². The van der Waals surface area contributed by atoms with Gasteiger partial charge >= 0.3 is 0 Å². The number of nitrogens with one attached hydrogen (secondary N) is 1. The van der Waals surface area contributed by atoms with Crippen LogP contribution in [0.2, 0.25) is 0 Å². The Balaban J connectivity index is 2.04. The van der Waals surface area contributed by atoms with Crippen LogP contribution < -0.4 is 11.1 Å². The monoisotopic (exact) mass is 283 g/mol. The first-order valence-corrected chi connectivity index (χ1v) is 6.54. The third-order valence-corrected chi connectivity index (χ3v) is 3.17. The third kappa shape index (κ3) is 2.60. The lowest BCUT2D eigenvalue weighted by Crippen LogP contribution is -2.11. The molecule has 0 saturated carbocycles. The molecule has 0 bridgehead atoms. The summed E-state index contributed by atoms with van der Waals surface area (Å²) in [6, 6.07) is 10.2. The Morgan fingerprint density at radius 2 is 2.00 bits per heavy atom. The van der Waals surface area contributed by atoms with Crippen molar-refractivity contribution in [1.82, 2.24) is 15.0 Å². The largest absolute Gasteiger partial charge is 0.368 e. The van der Waals surface area contributed by atoms with Crippen molar-refractivity contribution < 1.29 is 4.39 Å². The summed E-state index contributed by atoms with van der Waals surface area (Å²) in [4.78, 5) is 12.4. The Kier molecular flexibility index (Phi) is 3.35. The predicted octanol–water partition coefficient (Wildman–Crippen LogP) is 2.92. The summed E-state index contributed by atoms with van der Waals surface area (Å²) in [5.74, 6) is 0.0841. The van der Waals surface area contributed by atoms with Crippen molar-refractivity contribution in [1.29, 1.82) is 0 Å². The van der Waals surface area contributed by atoms with Gasteiger partial charge in [-0.05, 0) is 31.2 Å². The number of anilines is 2. The molecule has 3 rings (SSSR count). The molecule has 3 aromatic rings. The molecule has 0 amide bonds. The zero-order chi connectivity index (χ0) is 14.8. The van der Waals surface area contributed by atoms with E-state index in [2.05, 4.69) is 20.3 Å². The topological polar surface area (TPSA) is 76.7 Å². The first-order chi connectivity index (χ1) is 10.1. The zero-order valence-corrected chi connectivity index (χ0v) is 11.4. The molecule has 5 nitrogen and oxygen atoms in total. The van der Waals surface area contributed by atoms with E-state index < -0.39 is 0 Å². The maximum Gasteiger partial charge on any atom is 0.222 e. The Bertz CT molecular complexity index is 776. The highest BCUT2D eigenvalue weighted by Crippen LogP contribution is 2.26. The second kappa shape index (κ2) is 5.32. The summed E-state index contributed by atoms with van der Waals surface area (Å²) in [5, 5.41) is 3.48. The molecule has 0 aliphatic carbocycles. The molecule has 1 atom stereocenters. The molecule has 0 spiro atoms. The van der Waals surface area contributed by atoms with Gasteiger partial charge in [0, 0.05) is 6.20 Å². The molecule has 21 heavy (non-hydrogen) atoms. The van der Waals surface area contributed by atoms with E-state index in [1.54, 1.807) is 18.3 Å². The first-order valence-electron chi connectivity index (χ1n) is 6.54. The number of nitrogen functional groups attached to an aromatic ring is 1. The molecular weight excluding hydrogens is 269 g/mol. The molecule has 106 valence electrons. The van der Waals surface area contributed by atoms with Gasteiger partial charge in [-0.2, -0.15) is 4.98 Å². The van der Waals surface area contributed by atoms with Gasteiger partial charge in [-0.1, -0.05) is 12.1 Å². The van der Waals surface area contributed by atoms with Crippen molar-refractivity contribution >= 4 is 22.7 Å². The lowest BCUT2D eigenvalue weighted by Gasteiger charge is -2.16. The van der Waals surface area contributed by atoms with Gasteiger partial charge in [-0.25, -0.2) is 9.37 Å². The number of aromatic nitrogens is 3. The lowest BCUT2D eigenvalue weighted by molar-refractivity contribution is 0.639. The maximum atomic E-state index is 14.1. The van der Waals surface area contributed by atoms with E-state index in [-0.39, 0.29) is 17.8 Å². The molecule has 0 fully saturated rings. The molecule has 0 radical (unpaired) electrons. The second-order valence-electron chi connectivity index (χ2n) is 4.69. The van der Waals surface area contributed by atoms with Crippen molar-refractivity contribution in [2.75, 3.05) is 11.1 Å². The van der Waals surface area contributed by atoms with E-state index in [0.29, 0.717) is 16.7 Å². The van der Waals surface area contributed by atoms with Gasteiger partial charge in [0.15, 0.2) is 0 Å². The third-order valence-electron chi connectivity index (χ3n) is 3.17. The number of pyridine rings is 1. The number of rotatable bonds is 3. The van der Waals surface area contributed by atoms with Gasteiger partial charge in [0.25, 0.3) is 0 Å². The van der Waals surface area contributed by atoms with Crippen LogP contribution in [0, 0.1) is 5.82 Å². The molecule has 0 aliphatic heterocycles. The van der Waals surface area contributed by atoms with Crippen molar-refractivity contribution in [3.05, 3.63) is 54.1 Å². The van der Waals surface area contributed by atoms with Gasteiger partial charge in [-0.3, -0.25) is 4.98 Å². The second-order valence-corrected chi connectivity index (χ2v) is 4.69. The van der Waals surface area contributed by atoms with E-state index in [9.17, 15) is 4.39 Å². The fraction of sp³-hybridized carbons (Fsp3) is 0.133. The average Bonchev–Trinajstić information content (AvgIpc) is 2.47. The van der Waals surface area contributed by atoms with Gasteiger partial charge in [0.1, 0.15) is 11.6 Å². The van der Waals surface area contributed by atoms with Crippen LogP contribution in [0.4, 0.5) is 16.2 Å². The summed E-state index contributed by atoms with van der Waals surface area (Å²) in [6.45, 7) is 1.92. The van der Waals surface area contributed by atoms with Gasteiger partial charge < -0.3 is 11.1 Å². The minimum absolute atomic E-state index is 0.101. The van der Waals surface area contributed by atoms with Crippen LogP contribution in [0.5, 0.6) is 0 Å². The Morgan fingerprint density at radius 1 is 1.14 bits per heavy atom. The highest BCUT2D eigenvalue weighted by molar-refractivity contribution is 5.90. The van der Waals surface area contributed by atoms with Crippen LogP contribution >= 0.6 is 0 Å². The van der Waals surface area contributed by atoms with E-state index in [1.807, 2.05) is 25.1 Å². The minimum atomic E-state index is -0.386. The quantitative estimate of drug-likeness (QED) is 0.773. The van der Waals surface area contributed by atoms with E-state index >= 15 is 0 Å². The van der Waals surface area contributed by atoms with Crippen LogP contribution in [0.15, 0.2) is 42.6 Å². The molecule has 2 aromatic heterocycles. The standard InChI is InChI=1S/C15H14FN5/c1-9(11-6-2-3-8-18-11)19-14-13-10(16)5-4-7-12(13)20-15(17)21-14/h2-9H,1H3,(H3,17,19,20,21)/t9-/m0/s1. The fourth-order valence-electron chi connectivity index (χ4n) is 2.17. The first kappa shape index (κ1) is 13.2. The van der Waals surface area contributed by atoms with Crippen LogP contribution in [0.25, 0.3) is 10.9 Å². The maximum absolute atomic E-state index is 14.1. The molecule has 6 heteroatoms. The van der Waals surface area contributed by atoms with Crippen LogP contribution in [-0.2, 0) is 0 Å². The predicted molar refractivity (Wildman–Crippen MR) is 80.2 cm³/mol. The van der Waals surface area contributed by atoms with Gasteiger partial charge in [-0.15, -0.1) is 0 Å². The summed E-state index contributed by atoms with van der Waals surface area (Å²) in [7, 11) is 0. The number of benzene rings is 1. The van der Waals surface area contributed by atoms with E-state index in [4.69, 9.17) is 5.73 Å². The molecule has 0 aliphatic rings. The summed E-state index contributed by atoms with van der Waals surface area (Å²) in [5.41, 5.74) is 6.99. The highest BCUT2D eigenvalue weighted by Gasteiger charge is 2.14. The molecule has 2 heterocycles. The fourth-order valence-corrected chi connectivity index (χ4v) is 2.17. The number of halogens is 1. The van der Waals surface area contributed by atoms with Gasteiger partial charge in [0.05, 0.1) is 22.6 Å². The van der Waals surface area contributed by atoms with Crippen LogP contribution in [0.1, 0.15) is 18.7 Å². The summed E-state index contributed by atoms with van der Waals surface area (Å²) in [6.07, 6.45) is 1.71. The molecule has 3 N–H and O–H groups in total. The van der Waals surface area contributed by atoms with E-state index in [1.165, 1.54) is 6.07 Å². The van der Waals surface area contributed by atoms with Gasteiger partial charge in [0.2, 0.25) is 5.95 Å². The SMILES string of the molecule is C[C@H](Nc1nc(N)nc2cccc(F)c12)c1ccccn1. The normalized spacial score (nSPS) is 12.3. The molecule has 0 unspecified atom stereocenters. The van der Waals surface area contributed by atoms with Crippen molar-refractivity contribution in [3.8, 4) is 0 Å². The number of nitrogens with zero attached hydrogens (tertiary/aromatic N) is 3. The molecule has 0 saturated heterocycles. The molecular formula is C15H14FN5. The Morgan fingerprint density at radius 3 is 2.76 bits per heavy atom. The van der Waals surface area contributed by atoms with Crippen molar-refractivity contribution in [2.24, 2.45) is 0 Å². The Labute approximate surface area is 121 Å². The zero-order valence-electron chi connectivity index (χ0n) is 11.4. The average molecular weight is 283 g/mol. The number of fused-ring (bicyclic) bond motifs is 1. The smallest absolute Gasteiger partial charge is 0.222 e. The summed E-state index contributed by atoms with van der Waals surface area (Å²) >= 11 is 0.